The normalized spacial score (nSPS) is 9.20. The fourth-order valence-electron chi connectivity index (χ4n) is 0.158. The molecule has 0 aromatic heterocycles. The minimum atomic E-state index is 0.623. The van der Waals surface area contributed by atoms with Crippen molar-refractivity contribution in [3.8, 4) is 0 Å². The molecule has 1 heteroatoms. The quantitative estimate of drug-likeness (QED) is 0.705. The van der Waals surface area contributed by atoms with Gasteiger partial charge in [0.1, 0.15) is 0 Å². The van der Waals surface area contributed by atoms with E-state index >= 15 is 0 Å². The van der Waals surface area contributed by atoms with Gasteiger partial charge in [0.2, 0.25) is 0 Å². The summed E-state index contributed by atoms with van der Waals surface area (Å²) in [4.78, 5) is 2.91. The standard InChI is InChI=1S/2C2H5.Pt/c2*1-2;/h2*1H2,2H3;. The molecule has 0 unspecified atom stereocenters. The van der Waals surface area contributed by atoms with Crippen molar-refractivity contribution in [1.29, 1.82) is 0 Å². The zero-order valence-corrected chi connectivity index (χ0v) is 6.00. The van der Waals surface area contributed by atoms with Gasteiger partial charge < -0.3 is 0 Å². The molecule has 0 amide bonds. The molecule has 0 saturated carbocycles. The second kappa shape index (κ2) is 4.69. The summed E-state index contributed by atoms with van der Waals surface area (Å²) in [6, 6.07) is 0. The summed E-state index contributed by atoms with van der Waals surface area (Å²) in [7, 11) is 0. The molecule has 0 fully saturated rings. The van der Waals surface area contributed by atoms with Crippen LogP contribution in [0, 0.1) is 0 Å². The Labute approximate surface area is 42.5 Å². The van der Waals surface area contributed by atoms with E-state index in [2.05, 4.69) is 13.8 Å². The van der Waals surface area contributed by atoms with Gasteiger partial charge in [-0.1, -0.05) is 0 Å². The monoisotopic (exact) mass is 253 g/mol. The maximum atomic E-state index is 2.26. The first-order valence-electron chi connectivity index (χ1n) is 1.86. The second-order valence-electron chi connectivity index (χ2n) is 0.605. The summed E-state index contributed by atoms with van der Waals surface area (Å²) in [5, 5.41) is 0. The van der Waals surface area contributed by atoms with E-state index in [0.29, 0.717) is 18.6 Å². The predicted octanol–water partition coefficient (Wildman–Crippen LogP) is 1.95. The Balaban J connectivity index is 2.19. The average molecular weight is 253 g/mol. The van der Waals surface area contributed by atoms with Crippen LogP contribution in [-0.4, -0.2) is 0 Å². The summed E-state index contributed by atoms with van der Waals surface area (Å²) in [6.45, 7) is 4.52. The van der Waals surface area contributed by atoms with Crippen molar-refractivity contribution >= 4 is 0 Å². The number of hydrogen-bond acceptors (Lipinski definition) is 0. The van der Waals surface area contributed by atoms with Crippen LogP contribution < -0.4 is 0 Å². The van der Waals surface area contributed by atoms with Gasteiger partial charge in [-0.15, -0.1) is 0 Å². The van der Waals surface area contributed by atoms with Gasteiger partial charge in [-0.2, -0.15) is 0 Å². The van der Waals surface area contributed by atoms with Gasteiger partial charge in [-0.25, -0.2) is 0 Å². The minimum absolute atomic E-state index is 0.623. The zero-order valence-electron chi connectivity index (χ0n) is 3.73. The molecular formula is C4H10Pt. The van der Waals surface area contributed by atoms with Gasteiger partial charge in [0, 0.05) is 0 Å². The average Bonchev–Trinajstić information content (AvgIpc) is 1.41. The maximum absolute atomic E-state index is 2.26. The molecule has 0 atom stereocenters. The predicted molar refractivity (Wildman–Crippen MR) is 21.0 cm³/mol. The van der Waals surface area contributed by atoms with Crippen LogP contribution in [0.2, 0.25) is 9.62 Å². The van der Waals surface area contributed by atoms with Crippen LogP contribution in [0.15, 0.2) is 0 Å². The topological polar surface area (TPSA) is 0 Å². The van der Waals surface area contributed by atoms with E-state index in [1.54, 1.807) is 0 Å². The molecule has 0 aliphatic rings. The van der Waals surface area contributed by atoms with E-state index in [9.17, 15) is 0 Å². The first kappa shape index (κ1) is 5.69. The molecule has 0 aromatic rings. The molecule has 0 nitrogen and oxygen atoms in total. The van der Waals surface area contributed by atoms with Crippen LogP contribution in [0.1, 0.15) is 13.8 Å². The summed E-state index contributed by atoms with van der Waals surface area (Å²) in [5.41, 5.74) is 0. The summed E-state index contributed by atoms with van der Waals surface area (Å²) < 4.78 is 0. The molecule has 0 aromatic carbocycles. The van der Waals surface area contributed by atoms with E-state index in [1.165, 1.54) is 9.62 Å². The molecular weight excluding hydrogens is 243 g/mol. The van der Waals surface area contributed by atoms with Gasteiger partial charge >= 0.3 is 42.0 Å². The molecule has 0 aliphatic heterocycles. The fraction of sp³-hybridized carbons (Fsp3) is 1.00. The first-order valence-corrected chi connectivity index (χ1v) is 5.07. The first-order chi connectivity index (χ1) is 2.41. The van der Waals surface area contributed by atoms with Gasteiger partial charge in [0.15, 0.2) is 0 Å². The Bertz CT molecular complexity index is 11.1. The van der Waals surface area contributed by atoms with Crippen molar-refractivity contribution in [2.24, 2.45) is 0 Å². The summed E-state index contributed by atoms with van der Waals surface area (Å²) in [5.74, 6) is 0. The third kappa shape index (κ3) is 4.69. The Hall–Kier alpha value is 0.688. The van der Waals surface area contributed by atoms with Crippen LogP contribution in [-0.2, 0) is 18.6 Å². The van der Waals surface area contributed by atoms with Crippen LogP contribution >= 0.6 is 0 Å². The molecule has 5 heavy (non-hydrogen) atoms. The van der Waals surface area contributed by atoms with E-state index in [0.717, 1.165) is 0 Å². The SMILES string of the molecule is C[CH2][Pt][CH2]C. The van der Waals surface area contributed by atoms with Crippen molar-refractivity contribution in [3.05, 3.63) is 0 Å². The number of hydrogen-bond donors (Lipinski definition) is 0. The molecule has 36 valence electrons. The second-order valence-corrected chi connectivity index (χ2v) is 4.95. The van der Waals surface area contributed by atoms with Gasteiger partial charge in [0.25, 0.3) is 0 Å². The summed E-state index contributed by atoms with van der Waals surface area (Å²) >= 11 is 0.623. The van der Waals surface area contributed by atoms with Crippen molar-refractivity contribution < 1.29 is 18.6 Å². The van der Waals surface area contributed by atoms with E-state index < -0.39 is 0 Å². The Morgan fingerprint density at radius 3 is 1.60 bits per heavy atom. The van der Waals surface area contributed by atoms with Crippen molar-refractivity contribution in [2.45, 2.75) is 23.5 Å². The Kier molecular flexibility index (Phi) is 5.33. The fourth-order valence-corrected chi connectivity index (χ4v) is 1.29. The Morgan fingerprint density at radius 1 is 1.20 bits per heavy atom. The summed E-state index contributed by atoms with van der Waals surface area (Å²) in [6.07, 6.45) is 0. The molecule has 0 bridgehead atoms. The van der Waals surface area contributed by atoms with Crippen LogP contribution in [0.3, 0.4) is 0 Å². The third-order valence-electron chi connectivity index (χ3n) is 0.316. The molecule has 0 radical (unpaired) electrons. The van der Waals surface area contributed by atoms with Crippen molar-refractivity contribution in [2.75, 3.05) is 0 Å². The molecule has 0 saturated heterocycles. The molecule has 0 N–H and O–H groups in total. The third-order valence-corrected chi connectivity index (χ3v) is 2.59. The number of rotatable bonds is 2. The molecule has 0 heterocycles. The molecule has 0 rings (SSSR count). The Morgan fingerprint density at radius 2 is 1.60 bits per heavy atom. The molecule has 0 aliphatic carbocycles. The van der Waals surface area contributed by atoms with Gasteiger partial charge in [-0.05, 0) is 0 Å². The van der Waals surface area contributed by atoms with Crippen molar-refractivity contribution in [1.82, 2.24) is 0 Å². The van der Waals surface area contributed by atoms with E-state index in [-0.39, 0.29) is 0 Å². The van der Waals surface area contributed by atoms with E-state index in [4.69, 9.17) is 0 Å². The van der Waals surface area contributed by atoms with Crippen LogP contribution in [0.5, 0.6) is 0 Å². The van der Waals surface area contributed by atoms with Crippen LogP contribution in [0.4, 0.5) is 0 Å². The van der Waals surface area contributed by atoms with Gasteiger partial charge in [0.05, 0.1) is 0 Å². The van der Waals surface area contributed by atoms with Gasteiger partial charge in [-0.3, -0.25) is 0 Å². The molecule has 0 spiro atoms. The van der Waals surface area contributed by atoms with Crippen molar-refractivity contribution in [3.63, 3.8) is 0 Å². The van der Waals surface area contributed by atoms with Crippen LogP contribution in [0.25, 0.3) is 0 Å². The zero-order chi connectivity index (χ0) is 4.12. The van der Waals surface area contributed by atoms with E-state index in [1.807, 2.05) is 0 Å².